The summed E-state index contributed by atoms with van der Waals surface area (Å²) in [5.41, 5.74) is 0.0527. The van der Waals surface area contributed by atoms with Crippen molar-refractivity contribution >= 4 is 17.5 Å². The number of hydrogen-bond acceptors (Lipinski definition) is 3. The van der Waals surface area contributed by atoms with Gasteiger partial charge in [0.2, 0.25) is 0 Å². The molecule has 1 aromatic heterocycles. The summed E-state index contributed by atoms with van der Waals surface area (Å²) < 4.78 is 1.53. The van der Waals surface area contributed by atoms with Crippen molar-refractivity contribution < 1.29 is 9.90 Å². The van der Waals surface area contributed by atoms with Crippen molar-refractivity contribution in [2.75, 3.05) is 6.54 Å². The van der Waals surface area contributed by atoms with Crippen molar-refractivity contribution in [2.24, 2.45) is 12.5 Å². The molecule has 0 spiro atoms. The number of aliphatic hydroxyl groups is 1. The van der Waals surface area contributed by atoms with Gasteiger partial charge >= 0.3 is 0 Å². The predicted molar refractivity (Wildman–Crippen MR) is 91.8 cm³/mol. The Hall–Kier alpha value is -1.07. The standard InChI is InChI=1S/C17H28ClN3O2/c1-11(2)13-12(14(18)21(5)20-13)15(22)19-10-16(3,4)17(23)8-6-7-9-17/h11,23H,6-10H2,1-5H3,(H,19,22). The number of rotatable bonds is 5. The number of hydrogen-bond donors (Lipinski definition) is 2. The first-order valence-electron chi connectivity index (χ1n) is 8.32. The highest BCUT2D eigenvalue weighted by Gasteiger charge is 2.45. The van der Waals surface area contributed by atoms with E-state index in [0.29, 0.717) is 23.0 Å². The van der Waals surface area contributed by atoms with E-state index in [1.54, 1.807) is 7.05 Å². The molecule has 0 aromatic carbocycles. The van der Waals surface area contributed by atoms with Crippen molar-refractivity contribution in [1.29, 1.82) is 0 Å². The first kappa shape index (κ1) is 18.3. The van der Waals surface area contributed by atoms with Crippen LogP contribution < -0.4 is 5.32 Å². The second-order valence-corrected chi connectivity index (χ2v) is 7.99. The zero-order valence-corrected chi connectivity index (χ0v) is 15.5. The number of nitrogens with one attached hydrogen (secondary N) is 1. The molecule has 0 bridgehead atoms. The van der Waals surface area contributed by atoms with Crippen LogP contribution in [-0.2, 0) is 7.05 Å². The van der Waals surface area contributed by atoms with E-state index >= 15 is 0 Å². The molecule has 1 heterocycles. The average molecular weight is 342 g/mol. The third kappa shape index (κ3) is 3.41. The molecule has 1 amide bonds. The van der Waals surface area contributed by atoms with Crippen molar-refractivity contribution in [3.05, 3.63) is 16.4 Å². The molecule has 6 heteroatoms. The summed E-state index contributed by atoms with van der Waals surface area (Å²) >= 11 is 6.25. The number of aromatic nitrogens is 2. The quantitative estimate of drug-likeness (QED) is 0.863. The van der Waals surface area contributed by atoms with Crippen LogP contribution in [-0.4, -0.2) is 32.9 Å². The summed E-state index contributed by atoms with van der Waals surface area (Å²) in [5.74, 6) is -0.108. The van der Waals surface area contributed by atoms with E-state index in [4.69, 9.17) is 11.6 Å². The smallest absolute Gasteiger partial charge is 0.256 e. The summed E-state index contributed by atoms with van der Waals surface area (Å²) in [6.45, 7) is 8.39. The maximum Gasteiger partial charge on any atom is 0.256 e. The molecule has 1 aliphatic carbocycles. The first-order valence-corrected chi connectivity index (χ1v) is 8.70. The van der Waals surface area contributed by atoms with Gasteiger partial charge in [-0.05, 0) is 18.8 Å². The molecule has 1 fully saturated rings. The minimum atomic E-state index is -0.708. The highest BCUT2D eigenvalue weighted by atomic mass is 35.5. The monoisotopic (exact) mass is 341 g/mol. The number of aryl methyl sites for hydroxylation is 1. The van der Waals surface area contributed by atoms with Gasteiger partial charge in [0, 0.05) is 19.0 Å². The molecule has 0 aliphatic heterocycles. The Morgan fingerprint density at radius 2 is 2.00 bits per heavy atom. The van der Waals surface area contributed by atoms with Crippen LogP contribution in [0.5, 0.6) is 0 Å². The molecule has 1 saturated carbocycles. The molecule has 130 valence electrons. The summed E-state index contributed by atoms with van der Waals surface area (Å²) in [6, 6.07) is 0. The molecular weight excluding hydrogens is 314 g/mol. The van der Waals surface area contributed by atoms with Crippen molar-refractivity contribution in [3.63, 3.8) is 0 Å². The lowest BCUT2D eigenvalue weighted by atomic mass is 9.73. The Labute approximate surface area is 143 Å². The van der Waals surface area contributed by atoms with E-state index in [9.17, 15) is 9.90 Å². The Morgan fingerprint density at radius 1 is 1.43 bits per heavy atom. The third-order valence-electron chi connectivity index (χ3n) is 5.16. The van der Waals surface area contributed by atoms with Gasteiger partial charge in [-0.15, -0.1) is 0 Å². The highest BCUT2D eigenvalue weighted by Crippen LogP contribution is 2.43. The lowest BCUT2D eigenvalue weighted by Gasteiger charge is -2.40. The normalized spacial score (nSPS) is 17.7. The minimum Gasteiger partial charge on any atom is -0.389 e. The van der Waals surface area contributed by atoms with Crippen molar-refractivity contribution in [1.82, 2.24) is 15.1 Å². The zero-order valence-electron chi connectivity index (χ0n) is 14.7. The highest BCUT2D eigenvalue weighted by molar-refractivity contribution is 6.33. The van der Waals surface area contributed by atoms with Gasteiger partial charge in [-0.1, -0.05) is 52.1 Å². The van der Waals surface area contributed by atoms with Crippen LogP contribution in [0.4, 0.5) is 0 Å². The largest absolute Gasteiger partial charge is 0.389 e. The third-order valence-corrected chi connectivity index (χ3v) is 5.59. The van der Waals surface area contributed by atoms with Crippen molar-refractivity contribution in [3.8, 4) is 0 Å². The number of amides is 1. The van der Waals surface area contributed by atoms with Crippen LogP contribution in [0.15, 0.2) is 0 Å². The molecule has 0 saturated heterocycles. The molecule has 0 unspecified atom stereocenters. The fourth-order valence-corrected chi connectivity index (χ4v) is 3.55. The maximum atomic E-state index is 12.6. The van der Waals surface area contributed by atoms with E-state index in [1.165, 1.54) is 4.68 Å². The van der Waals surface area contributed by atoms with Crippen molar-refractivity contribution in [2.45, 2.75) is 64.9 Å². The van der Waals surface area contributed by atoms with Gasteiger partial charge in [0.1, 0.15) is 5.15 Å². The molecule has 0 atom stereocenters. The number of nitrogens with zero attached hydrogens (tertiary/aromatic N) is 2. The van der Waals surface area contributed by atoms with Crippen LogP contribution in [0.25, 0.3) is 0 Å². The number of halogens is 1. The Kier molecular flexibility index (Phi) is 5.12. The molecule has 2 N–H and O–H groups in total. The lowest BCUT2D eigenvalue weighted by molar-refractivity contribution is -0.0590. The van der Waals surface area contributed by atoms with Gasteiger partial charge in [0.25, 0.3) is 5.91 Å². The van der Waals surface area contributed by atoms with Crippen LogP contribution in [0.1, 0.15) is 75.3 Å². The number of carbonyl (C=O) groups excluding carboxylic acids is 1. The predicted octanol–water partition coefficient (Wildman–Crippen LogP) is 3.26. The molecule has 2 rings (SSSR count). The van der Waals surface area contributed by atoms with E-state index in [1.807, 2.05) is 27.7 Å². The second kappa shape index (κ2) is 6.44. The average Bonchev–Trinajstić information content (AvgIpc) is 3.03. The molecule has 23 heavy (non-hydrogen) atoms. The van der Waals surface area contributed by atoms with Gasteiger partial charge in [-0.25, -0.2) is 0 Å². The number of carbonyl (C=O) groups is 1. The van der Waals surface area contributed by atoms with Gasteiger partial charge < -0.3 is 10.4 Å². The first-order chi connectivity index (χ1) is 10.6. The van der Waals surface area contributed by atoms with Gasteiger partial charge in [0.05, 0.1) is 16.9 Å². The molecule has 0 radical (unpaired) electrons. The van der Waals surface area contributed by atoms with Crippen LogP contribution >= 0.6 is 11.6 Å². The summed E-state index contributed by atoms with van der Waals surface area (Å²) in [5, 5.41) is 18.5. The SMILES string of the molecule is CC(C)c1nn(C)c(Cl)c1C(=O)NCC(C)(C)C1(O)CCCC1. The van der Waals surface area contributed by atoms with E-state index in [-0.39, 0.29) is 17.2 Å². The second-order valence-electron chi connectivity index (χ2n) is 7.63. The van der Waals surface area contributed by atoms with E-state index in [2.05, 4.69) is 10.4 Å². The van der Waals surface area contributed by atoms with Crippen LogP contribution in [0, 0.1) is 5.41 Å². The van der Waals surface area contributed by atoms with Crippen LogP contribution in [0.3, 0.4) is 0 Å². The summed E-state index contributed by atoms with van der Waals surface area (Å²) in [4.78, 5) is 12.6. The lowest BCUT2D eigenvalue weighted by Crippen LogP contribution is -2.49. The fraction of sp³-hybridized carbons (Fsp3) is 0.765. The Bertz CT molecular complexity index is 587. The molecule has 1 aromatic rings. The van der Waals surface area contributed by atoms with Gasteiger partial charge in [-0.2, -0.15) is 5.10 Å². The van der Waals surface area contributed by atoms with E-state index < -0.39 is 5.60 Å². The molecule has 5 nitrogen and oxygen atoms in total. The van der Waals surface area contributed by atoms with E-state index in [0.717, 1.165) is 25.7 Å². The summed E-state index contributed by atoms with van der Waals surface area (Å²) in [6.07, 6.45) is 3.67. The molecular formula is C17H28ClN3O2. The fourth-order valence-electron chi connectivity index (χ4n) is 3.33. The maximum absolute atomic E-state index is 12.6. The molecule has 1 aliphatic rings. The van der Waals surface area contributed by atoms with Gasteiger partial charge in [-0.3, -0.25) is 9.48 Å². The Balaban J connectivity index is 2.14. The van der Waals surface area contributed by atoms with Crippen LogP contribution in [0.2, 0.25) is 5.15 Å². The van der Waals surface area contributed by atoms with Gasteiger partial charge in [0.15, 0.2) is 0 Å². The Morgan fingerprint density at radius 3 is 2.52 bits per heavy atom. The zero-order chi connectivity index (χ0) is 17.4. The summed E-state index contributed by atoms with van der Waals surface area (Å²) in [7, 11) is 1.73. The topological polar surface area (TPSA) is 67.2 Å². The minimum absolute atomic E-state index is 0.112.